The standard InChI is InChI=1S/C25H18O2S/c1-3-23(26)27-15(2)21-14-22-24(19-11-7-6-10-18(19)21)20-13-12-16-8-4-5-9-17(16)25(20)28-22/h3-15H,1H2,2H3. The van der Waals surface area contributed by atoms with Crippen molar-refractivity contribution in [3.05, 3.63) is 84.9 Å². The number of hydrogen-bond acceptors (Lipinski definition) is 3. The maximum atomic E-state index is 11.7. The van der Waals surface area contributed by atoms with Crippen molar-refractivity contribution < 1.29 is 9.53 Å². The van der Waals surface area contributed by atoms with Gasteiger partial charge in [-0.1, -0.05) is 67.2 Å². The fourth-order valence-electron chi connectivity index (χ4n) is 4.02. The molecule has 0 aliphatic carbocycles. The summed E-state index contributed by atoms with van der Waals surface area (Å²) in [6.07, 6.45) is 0.866. The van der Waals surface area contributed by atoms with Gasteiger partial charge in [0.1, 0.15) is 6.10 Å². The number of carbonyl (C=O) groups excluding carboxylic acids is 1. The van der Waals surface area contributed by atoms with Gasteiger partial charge in [-0.2, -0.15) is 0 Å². The van der Waals surface area contributed by atoms with E-state index < -0.39 is 5.97 Å². The summed E-state index contributed by atoms with van der Waals surface area (Å²) in [5.74, 6) is -0.404. The van der Waals surface area contributed by atoms with Crippen LogP contribution >= 0.6 is 11.3 Å². The molecule has 0 aliphatic rings. The molecule has 0 bridgehead atoms. The van der Waals surface area contributed by atoms with Gasteiger partial charge in [-0.25, -0.2) is 4.79 Å². The van der Waals surface area contributed by atoms with Gasteiger partial charge in [0.15, 0.2) is 0 Å². The lowest BCUT2D eigenvalue weighted by molar-refractivity contribution is -0.142. The average molecular weight is 382 g/mol. The normalized spacial score (nSPS) is 12.6. The molecule has 1 unspecified atom stereocenters. The highest BCUT2D eigenvalue weighted by atomic mass is 32.1. The molecule has 1 aromatic heterocycles. The van der Waals surface area contributed by atoms with E-state index in [9.17, 15) is 4.79 Å². The fraction of sp³-hybridized carbons (Fsp3) is 0.0800. The summed E-state index contributed by atoms with van der Waals surface area (Å²) < 4.78 is 8.04. The van der Waals surface area contributed by atoms with Crippen LogP contribution in [0.15, 0.2) is 79.4 Å². The molecule has 0 spiro atoms. The van der Waals surface area contributed by atoms with Crippen molar-refractivity contribution in [1.82, 2.24) is 0 Å². The molecule has 0 N–H and O–H groups in total. The second-order valence-corrected chi connectivity index (χ2v) is 7.99. The Hall–Kier alpha value is -3.17. The van der Waals surface area contributed by atoms with E-state index in [4.69, 9.17) is 4.74 Å². The average Bonchev–Trinajstić information content (AvgIpc) is 3.12. The molecule has 0 saturated carbocycles. The first-order valence-corrected chi connectivity index (χ1v) is 10.1. The summed E-state index contributed by atoms with van der Waals surface area (Å²) in [7, 11) is 0. The van der Waals surface area contributed by atoms with Crippen molar-refractivity contribution in [2.24, 2.45) is 0 Å². The number of ether oxygens (including phenoxy) is 1. The molecular formula is C25H18O2S. The molecular weight excluding hydrogens is 364 g/mol. The second-order valence-electron chi connectivity index (χ2n) is 6.93. The van der Waals surface area contributed by atoms with Gasteiger partial charge in [-0.3, -0.25) is 0 Å². The van der Waals surface area contributed by atoms with Crippen molar-refractivity contribution in [3.8, 4) is 0 Å². The summed E-state index contributed by atoms with van der Waals surface area (Å²) in [4.78, 5) is 11.7. The lowest BCUT2D eigenvalue weighted by Gasteiger charge is -2.15. The van der Waals surface area contributed by atoms with E-state index in [1.807, 2.05) is 13.0 Å². The van der Waals surface area contributed by atoms with Gasteiger partial charge in [0, 0.05) is 31.8 Å². The van der Waals surface area contributed by atoms with Gasteiger partial charge in [-0.15, -0.1) is 11.3 Å². The summed E-state index contributed by atoms with van der Waals surface area (Å²) in [5.41, 5.74) is 1.02. The molecule has 0 aliphatic heterocycles. The van der Waals surface area contributed by atoms with Crippen LogP contribution in [0, 0.1) is 0 Å². The summed E-state index contributed by atoms with van der Waals surface area (Å²) in [5, 5.41) is 7.38. The SMILES string of the molecule is C=CC(=O)OC(C)c1cc2sc3c4ccccc4ccc3c2c2ccccc12. The Labute approximate surface area is 166 Å². The second kappa shape index (κ2) is 6.47. The van der Waals surface area contributed by atoms with E-state index in [0.717, 1.165) is 10.9 Å². The molecule has 4 aromatic carbocycles. The van der Waals surface area contributed by atoms with Crippen LogP contribution in [0.25, 0.3) is 41.7 Å². The van der Waals surface area contributed by atoms with Gasteiger partial charge >= 0.3 is 5.97 Å². The molecule has 28 heavy (non-hydrogen) atoms. The third-order valence-corrected chi connectivity index (χ3v) is 6.48. The molecule has 1 heterocycles. The van der Waals surface area contributed by atoms with Crippen molar-refractivity contribution in [3.63, 3.8) is 0 Å². The Morgan fingerprint density at radius 1 is 0.964 bits per heavy atom. The third kappa shape index (κ3) is 2.51. The maximum Gasteiger partial charge on any atom is 0.330 e. The molecule has 136 valence electrons. The zero-order chi connectivity index (χ0) is 19.3. The van der Waals surface area contributed by atoms with E-state index in [1.165, 1.54) is 42.4 Å². The molecule has 0 amide bonds. The van der Waals surface area contributed by atoms with Crippen molar-refractivity contribution in [1.29, 1.82) is 0 Å². The number of rotatable bonds is 3. The molecule has 3 heteroatoms. The van der Waals surface area contributed by atoms with E-state index >= 15 is 0 Å². The Morgan fingerprint density at radius 3 is 2.46 bits per heavy atom. The first-order chi connectivity index (χ1) is 13.7. The number of esters is 1. The first kappa shape index (κ1) is 17.0. The van der Waals surface area contributed by atoms with Gasteiger partial charge in [0.05, 0.1) is 0 Å². The van der Waals surface area contributed by atoms with Crippen molar-refractivity contribution in [2.45, 2.75) is 13.0 Å². The summed E-state index contributed by atoms with van der Waals surface area (Å²) >= 11 is 1.80. The molecule has 0 fully saturated rings. The van der Waals surface area contributed by atoms with Crippen molar-refractivity contribution >= 4 is 59.0 Å². The molecule has 2 nitrogen and oxygen atoms in total. The van der Waals surface area contributed by atoms with Crippen LogP contribution in [0.4, 0.5) is 0 Å². The fourth-order valence-corrected chi connectivity index (χ4v) is 5.32. The Morgan fingerprint density at radius 2 is 1.68 bits per heavy atom. The minimum atomic E-state index is -0.404. The highest BCUT2D eigenvalue weighted by molar-refractivity contribution is 7.26. The third-order valence-electron chi connectivity index (χ3n) is 5.30. The number of fused-ring (bicyclic) bond motifs is 7. The molecule has 1 atom stereocenters. The van der Waals surface area contributed by atoms with Crippen LogP contribution in [-0.4, -0.2) is 5.97 Å². The zero-order valence-electron chi connectivity index (χ0n) is 15.4. The van der Waals surface area contributed by atoms with E-state index in [2.05, 4.69) is 67.2 Å². The zero-order valence-corrected chi connectivity index (χ0v) is 16.3. The number of benzene rings is 4. The lowest BCUT2D eigenvalue weighted by Crippen LogP contribution is -2.06. The van der Waals surface area contributed by atoms with Gasteiger partial charge < -0.3 is 4.74 Å². The Kier molecular flexibility index (Phi) is 3.92. The number of hydrogen-bond donors (Lipinski definition) is 0. The van der Waals surface area contributed by atoms with Crippen LogP contribution in [0.1, 0.15) is 18.6 Å². The summed E-state index contributed by atoms with van der Waals surface area (Å²) in [6.45, 7) is 5.42. The summed E-state index contributed by atoms with van der Waals surface area (Å²) in [6, 6.07) is 23.5. The van der Waals surface area contributed by atoms with E-state index in [0.29, 0.717) is 0 Å². The van der Waals surface area contributed by atoms with Crippen LogP contribution in [0.2, 0.25) is 0 Å². The molecule has 5 aromatic rings. The Balaban J connectivity index is 1.88. The monoisotopic (exact) mass is 382 g/mol. The minimum absolute atomic E-state index is 0.346. The lowest BCUT2D eigenvalue weighted by atomic mass is 9.96. The predicted molar refractivity (Wildman–Crippen MR) is 119 cm³/mol. The quantitative estimate of drug-likeness (QED) is 0.245. The van der Waals surface area contributed by atoms with Crippen LogP contribution in [0.5, 0.6) is 0 Å². The molecule has 0 radical (unpaired) electrons. The predicted octanol–water partition coefficient (Wildman–Crippen LogP) is 7.15. The Bertz CT molecular complexity index is 1390. The van der Waals surface area contributed by atoms with Gasteiger partial charge in [0.2, 0.25) is 0 Å². The van der Waals surface area contributed by atoms with Crippen molar-refractivity contribution in [2.75, 3.05) is 0 Å². The smallest absolute Gasteiger partial charge is 0.330 e. The van der Waals surface area contributed by atoms with E-state index in [-0.39, 0.29) is 6.10 Å². The highest BCUT2D eigenvalue weighted by Crippen LogP contribution is 2.43. The van der Waals surface area contributed by atoms with Crippen LogP contribution < -0.4 is 0 Å². The minimum Gasteiger partial charge on any atom is -0.455 e. The molecule has 0 saturated heterocycles. The topological polar surface area (TPSA) is 26.3 Å². The molecule has 5 rings (SSSR count). The van der Waals surface area contributed by atoms with E-state index in [1.54, 1.807) is 11.3 Å². The first-order valence-electron chi connectivity index (χ1n) is 9.26. The van der Waals surface area contributed by atoms with Gasteiger partial charge in [0.25, 0.3) is 0 Å². The highest BCUT2D eigenvalue weighted by Gasteiger charge is 2.18. The maximum absolute atomic E-state index is 11.7. The van der Waals surface area contributed by atoms with Crippen LogP contribution in [0.3, 0.4) is 0 Å². The number of carbonyl (C=O) groups is 1. The van der Waals surface area contributed by atoms with Gasteiger partial charge in [-0.05, 0) is 34.5 Å². The number of thiophene rings is 1. The largest absolute Gasteiger partial charge is 0.455 e. The van der Waals surface area contributed by atoms with Crippen LogP contribution in [-0.2, 0) is 9.53 Å².